The first-order chi connectivity index (χ1) is 12.0. The lowest BCUT2D eigenvalue weighted by Crippen LogP contribution is -2.84. The van der Waals surface area contributed by atoms with Crippen molar-refractivity contribution in [3.63, 3.8) is 0 Å². The highest BCUT2D eigenvalue weighted by atomic mass is 35.5. The number of hydrogen-bond acceptors (Lipinski definition) is 2. The van der Waals surface area contributed by atoms with Gasteiger partial charge in [0.25, 0.3) is 0 Å². The quantitative estimate of drug-likeness (QED) is 0.639. The Bertz CT molecular complexity index is 506. The summed E-state index contributed by atoms with van der Waals surface area (Å²) in [7, 11) is 1.77. The Morgan fingerprint density at radius 3 is 2.84 bits per heavy atom. The number of nitrogens with two attached hydrogens (primary N) is 1. The first-order valence-electron chi connectivity index (χ1n) is 9.70. The SMILES string of the molecule is COCCC[NH2+]CC[C@H](Cc1ccccc1Cl)[C@@H]1CCOC(C)(C)C1. The van der Waals surface area contributed by atoms with Crippen LogP contribution in [0.5, 0.6) is 0 Å². The Hall–Kier alpha value is -0.610. The van der Waals surface area contributed by atoms with Crippen molar-refractivity contribution in [3.8, 4) is 0 Å². The highest BCUT2D eigenvalue weighted by Gasteiger charge is 2.33. The molecule has 1 fully saturated rings. The van der Waals surface area contributed by atoms with Gasteiger partial charge in [0.05, 0.1) is 25.3 Å². The van der Waals surface area contributed by atoms with E-state index >= 15 is 0 Å². The molecular weight excluding hydrogens is 334 g/mol. The molecule has 0 bridgehead atoms. The summed E-state index contributed by atoms with van der Waals surface area (Å²) in [6.07, 6.45) is 5.75. The Balaban J connectivity index is 1.94. The number of benzene rings is 1. The van der Waals surface area contributed by atoms with Crippen molar-refractivity contribution >= 4 is 11.6 Å². The van der Waals surface area contributed by atoms with Crippen LogP contribution < -0.4 is 5.32 Å². The molecule has 0 amide bonds. The van der Waals surface area contributed by atoms with E-state index in [2.05, 4.69) is 31.3 Å². The number of halogens is 1. The molecule has 1 saturated heterocycles. The second-order valence-electron chi connectivity index (χ2n) is 7.92. The van der Waals surface area contributed by atoms with Crippen LogP contribution in [0.4, 0.5) is 0 Å². The van der Waals surface area contributed by atoms with Gasteiger partial charge in [0.2, 0.25) is 0 Å². The Kier molecular flexibility index (Phi) is 8.71. The van der Waals surface area contributed by atoms with Crippen LogP contribution in [-0.4, -0.2) is 39.0 Å². The second kappa shape index (κ2) is 10.5. The number of quaternary nitrogens is 1. The average Bonchev–Trinajstić information content (AvgIpc) is 2.57. The molecule has 142 valence electrons. The summed E-state index contributed by atoms with van der Waals surface area (Å²) in [6, 6.07) is 8.31. The van der Waals surface area contributed by atoms with Crippen LogP contribution in [0.25, 0.3) is 0 Å². The number of rotatable bonds is 10. The zero-order valence-corrected chi connectivity index (χ0v) is 16.9. The largest absolute Gasteiger partial charge is 0.384 e. The van der Waals surface area contributed by atoms with Crippen LogP contribution in [-0.2, 0) is 15.9 Å². The third-order valence-corrected chi connectivity index (χ3v) is 5.71. The predicted molar refractivity (Wildman–Crippen MR) is 104 cm³/mol. The molecule has 0 spiro atoms. The summed E-state index contributed by atoms with van der Waals surface area (Å²) in [5, 5.41) is 3.34. The van der Waals surface area contributed by atoms with E-state index in [0.29, 0.717) is 11.8 Å². The normalized spacial score (nSPS) is 21.2. The van der Waals surface area contributed by atoms with Crippen LogP contribution in [0, 0.1) is 11.8 Å². The fourth-order valence-corrected chi connectivity index (χ4v) is 4.19. The molecule has 1 aliphatic heterocycles. The molecular formula is C21H35ClNO2+. The third kappa shape index (κ3) is 7.26. The summed E-state index contributed by atoms with van der Waals surface area (Å²) in [6.45, 7) is 8.51. The lowest BCUT2D eigenvalue weighted by Gasteiger charge is -2.39. The molecule has 2 atom stereocenters. The Morgan fingerprint density at radius 1 is 1.32 bits per heavy atom. The van der Waals surface area contributed by atoms with Crippen molar-refractivity contribution in [2.45, 2.75) is 51.6 Å². The lowest BCUT2D eigenvalue weighted by molar-refractivity contribution is -0.656. The van der Waals surface area contributed by atoms with Gasteiger partial charge in [-0.2, -0.15) is 0 Å². The maximum atomic E-state index is 6.44. The van der Waals surface area contributed by atoms with Crippen molar-refractivity contribution in [1.82, 2.24) is 0 Å². The molecule has 3 nitrogen and oxygen atoms in total. The molecule has 1 aromatic rings. The monoisotopic (exact) mass is 368 g/mol. The minimum absolute atomic E-state index is 0.00380. The highest BCUT2D eigenvalue weighted by molar-refractivity contribution is 6.31. The highest BCUT2D eigenvalue weighted by Crippen LogP contribution is 2.36. The first-order valence-corrected chi connectivity index (χ1v) is 10.1. The molecule has 0 saturated carbocycles. The lowest BCUT2D eigenvalue weighted by atomic mass is 9.75. The van der Waals surface area contributed by atoms with Crippen molar-refractivity contribution in [3.05, 3.63) is 34.9 Å². The molecule has 0 aliphatic carbocycles. The van der Waals surface area contributed by atoms with E-state index in [9.17, 15) is 0 Å². The average molecular weight is 369 g/mol. The van der Waals surface area contributed by atoms with Gasteiger partial charge in [-0.05, 0) is 63.0 Å². The van der Waals surface area contributed by atoms with Gasteiger partial charge in [0.1, 0.15) is 0 Å². The van der Waals surface area contributed by atoms with Gasteiger partial charge < -0.3 is 14.8 Å². The molecule has 0 aromatic heterocycles. The van der Waals surface area contributed by atoms with Crippen LogP contribution in [0.15, 0.2) is 24.3 Å². The molecule has 1 aliphatic rings. The number of ether oxygens (including phenoxy) is 2. The second-order valence-corrected chi connectivity index (χ2v) is 8.32. The van der Waals surface area contributed by atoms with E-state index in [1.54, 1.807) is 7.11 Å². The Morgan fingerprint density at radius 2 is 2.12 bits per heavy atom. The van der Waals surface area contributed by atoms with Crippen molar-refractivity contribution in [2.75, 3.05) is 33.4 Å². The summed E-state index contributed by atoms with van der Waals surface area (Å²) < 4.78 is 11.1. The smallest absolute Gasteiger partial charge is 0.0777 e. The summed E-state index contributed by atoms with van der Waals surface area (Å²) in [5.74, 6) is 1.38. The molecule has 0 unspecified atom stereocenters. The predicted octanol–water partition coefficient (Wildman–Crippen LogP) is 3.69. The summed E-state index contributed by atoms with van der Waals surface area (Å²) in [4.78, 5) is 0. The van der Waals surface area contributed by atoms with E-state index < -0.39 is 0 Å². The van der Waals surface area contributed by atoms with Gasteiger partial charge >= 0.3 is 0 Å². The fraction of sp³-hybridized carbons (Fsp3) is 0.714. The minimum Gasteiger partial charge on any atom is -0.384 e. The van der Waals surface area contributed by atoms with Gasteiger partial charge in [0.15, 0.2) is 0 Å². The van der Waals surface area contributed by atoms with Gasteiger partial charge in [-0.25, -0.2) is 0 Å². The van der Waals surface area contributed by atoms with Crippen LogP contribution >= 0.6 is 11.6 Å². The van der Waals surface area contributed by atoms with Crippen LogP contribution in [0.1, 0.15) is 45.1 Å². The fourth-order valence-electron chi connectivity index (χ4n) is 3.98. The van der Waals surface area contributed by atoms with E-state index in [-0.39, 0.29) is 5.60 Å². The van der Waals surface area contributed by atoms with Crippen molar-refractivity contribution in [1.29, 1.82) is 0 Å². The molecule has 1 aromatic carbocycles. The molecule has 1 heterocycles. The summed E-state index contributed by atoms with van der Waals surface area (Å²) >= 11 is 6.44. The van der Waals surface area contributed by atoms with Crippen LogP contribution in [0.2, 0.25) is 5.02 Å². The zero-order chi connectivity index (χ0) is 18.1. The van der Waals surface area contributed by atoms with Gasteiger partial charge in [0, 0.05) is 25.2 Å². The number of methoxy groups -OCH3 is 1. The van der Waals surface area contributed by atoms with Gasteiger partial charge in [-0.1, -0.05) is 29.8 Å². The first kappa shape index (κ1) is 20.7. The van der Waals surface area contributed by atoms with Crippen LogP contribution in [0.3, 0.4) is 0 Å². The van der Waals surface area contributed by atoms with Crippen molar-refractivity contribution < 1.29 is 14.8 Å². The molecule has 0 radical (unpaired) electrons. The third-order valence-electron chi connectivity index (χ3n) is 5.34. The molecule has 4 heteroatoms. The number of hydrogen-bond donors (Lipinski definition) is 1. The van der Waals surface area contributed by atoms with E-state index in [1.807, 2.05) is 12.1 Å². The maximum absolute atomic E-state index is 6.44. The van der Waals surface area contributed by atoms with Crippen molar-refractivity contribution in [2.24, 2.45) is 11.8 Å². The standard InChI is InChI=1S/C21H34ClNO2/c1-21(2)16-19(10-14-25-21)17(9-12-23-11-6-13-24-3)15-18-7-4-5-8-20(18)22/h4-5,7-8,17,19,23H,6,9-16H2,1-3H3/p+1/t17-,19-/m1/s1. The topological polar surface area (TPSA) is 35.1 Å². The van der Waals surface area contributed by atoms with E-state index in [0.717, 1.165) is 44.0 Å². The van der Waals surface area contributed by atoms with Gasteiger partial charge in [-0.15, -0.1) is 0 Å². The maximum Gasteiger partial charge on any atom is 0.0777 e. The molecule has 25 heavy (non-hydrogen) atoms. The molecule has 2 N–H and O–H groups in total. The zero-order valence-electron chi connectivity index (χ0n) is 16.1. The Labute approximate surface area is 158 Å². The minimum atomic E-state index is 0.00380. The van der Waals surface area contributed by atoms with E-state index in [1.165, 1.54) is 24.9 Å². The summed E-state index contributed by atoms with van der Waals surface area (Å²) in [5.41, 5.74) is 1.29. The van der Waals surface area contributed by atoms with Gasteiger partial charge in [-0.3, -0.25) is 0 Å². The molecule has 2 rings (SSSR count). The van der Waals surface area contributed by atoms with E-state index in [4.69, 9.17) is 21.1 Å².